The zero-order valence-electron chi connectivity index (χ0n) is 34.3. The largest absolute Gasteiger partial charge is 0.254 e. The first-order valence-electron chi connectivity index (χ1n) is 21.4. The Labute approximate surface area is 367 Å². The van der Waals surface area contributed by atoms with E-state index < -0.39 is 0 Å². The molecule has 6 heteroatoms. The minimum atomic E-state index is 0.876. The van der Waals surface area contributed by atoms with Gasteiger partial charge < -0.3 is 0 Å². The number of rotatable bonds is 5. The van der Waals surface area contributed by atoms with Crippen molar-refractivity contribution in [3.05, 3.63) is 207 Å². The van der Waals surface area contributed by atoms with Crippen LogP contribution >= 0.6 is 0 Å². The van der Waals surface area contributed by atoms with Crippen molar-refractivity contribution < 1.29 is 0 Å². The number of benzene rings is 7. The van der Waals surface area contributed by atoms with Gasteiger partial charge in [-0.3, -0.25) is 9.97 Å². The van der Waals surface area contributed by atoms with Crippen molar-refractivity contribution in [1.82, 2.24) is 29.9 Å². The maximum atomic E-state index is 5.32. The summed E-state index contributed by atoms with van der Waals surface area (Å²) in [5.74, 6) is 0. The lowest BCUT2D eigenvalue weighted by molar-refractivity contribution is 1.36. The Balaban J connectivity index is 0.875. The summed E-state index contributed by atoms with van der Waals surface area (Å²) < 4.78 is 0. The zero-order chi connectivity index (χ0) is 42.1. The topological polar surface area (TPSA) is 77.3 Å². The third kappa shape index (κ3) is 5.96. The van der Waals surface area contributed by atoms with Crippen molar-refractivity contribution in [2.24, 2.45) is 0 Å². The lowest BCUT2D eigenvalue weighted by Gasteiger charge is -2.13. The molecule has 0 saturated carbocycles. The van der Waals surface area contributed by atoms with E-state index in [-0.39, 0.29) is 0 Å². The van der Waals surface area contributed by atoms with Gasteiger partial charge in [-0.15, -0.1) is 0 Å². The van der Waals surface area contributed by atoms with Gasteiger partial charge in [0.15, 0.2) is 0 Å². The number of fused-ring (bicyclic) bond motifs is 9. The fourth-order valence-electron chi connectivity index (χ4n) is 9.32. The van der Waals surface area contributed by atoms with E-state index in [0.29, 0.717) is 0 Å². The molecule has 0 bridgehead atoms. The van der Waals surface area contributed by atoms with Gasteiger partial charge in [-0.05, 0) is 76.5 Å². The summed E-state index contributed by atoms with van der Waals surface area (Å²) in [5, 5.41) is 8.64. The minimum absolute atomic E-state index is 0.876. The second-order valence-corrected chi connectivity index (χ2v) is 16.3. The highest BCUT2D eigenvalue weighted by Gasteiger charge is 2.16. The smallest absolute Gasteiger partial charge is 0.0972 e. The van der Waals surface area contributed by atoms with Crippen molar-refractivity contribution in [3.8, 4) is 56.2 Å². The van der Waals surface area contributed by atoms with E-state index in [1.54, 1.807) is 0 Å². The van der Waals surface area contributed by atoms with Crippen LogP contribution in [-0.2, 0) is 0 Å². The molecule has 0 aliphatic rings. The first-order chi connectivity index (χ1) is 31.7. The average Bonchev–Trinajstić information content (AvgIpc) is 3.37. The number of pyridine rings is 6. The molecule has 0 atom stereocenters. The predicted octanol–water partition coefficient (Wildman–Crippen LogP) is 14.5. The molecule has 6 aromatic heterocycles. The molecule has 0 fully saturated rings. The molecule has 296 valence electrons. The highest BCUT2D eigenvalue weighted by atomic mass is 14.8. The molecule has 0 aliphatic heterocycles. The normalized spacial score (nSPS) is 11.8. The molecule has 0 unspecified atom stereocenters. The van der Waals surface area contributed by atoms with Crippen LogP contribution in [0.5, 0.6) is 0 Å². The van der Waals surface area contributed by atoms with E-state index >= 15 is 0 Å². The van der Waals surface area contributed by atoms with E-state index in [0.717, 1.165) is 132 Å². The van der Waals surface area contributed by atoms with E-state index in [1.165, 1.54) is 0 Å². The van der Waals surface area contributed by atoms with Crippen molar-refractivity contribution >= 4 is 76.2 Å². The van der Waals surface area contributed by atoms with Gasteiger partial charge in [-0.2, -0.15) is 0 Å². The number of hydrogen-bond donors (Lipinski definition) is 0. The van der Waals surface area contributed by atoms with Crippen molar-refractivity contribution in [3.63, 3.8) is 0 Å². The Kier molecular flexibility index (Phi) is 8.11. The SMILES string of the molecule is c1ccc(-c2ccc3ccc4ccc(-c5ccc(-c6ccc7ccc(-c8ccc9ccc(-c%10cc%11cccnc%11c%11ncccc%10%11)nc9c8)nc7c6)c6ccccc56)nc4c3n2)cc1. The van der Waals surface area contributed by atoms with Crippen LogP contribution in [0.2, 0.25) is 0 Å². The van der Waals surface area contributed by atoms with E-state index in [9.17, 15) is 0 Å². The summed E-state index contributed by atoms with van der Waals surface area (Å²) in [5.41, 5.74) is 15.5. The van der Waals surface area contributed by atoms with Crippen LogP contribution < -0.4 is 0 Å². The first kappa shape index (κ1) is 36.0. The maximum absolute atomic E-state index is 5.32. The van der Waals surface area contributed by atoms with Crippen LogP contribution in [0.4, 0.5) is 0 Å². The standard InChI is InChI=1S/C58H34N6/c1-2-8-35(9-3-1)49-27-22-38-16-17-39-23-29-51(64-57(39)56(38)63-49)46-25-24-43(44-11-4-5-12-45(44)46)40-18-14-36-20-26-50(61-53(36)33-40)41-19-15-37-21-28-52(62-54(37)34-41)48-32-42-10-6-30-59-55(42)58-47(48)13-7-31-60-58/h1-34H. The van der Waals surface area contributed by atoms with E-state index in [1.807, 2.05) is 42.7 Å². The molecule has 6 nitrogen and oxygen atoms in total. The van der Waals surface area contributed by atoms with Crippen LogP contribution in [-0.4, -0.2) is 29.9 Å². The Morgan fingerprint density at radius 3 is 1.53 bits per heavy atom. The molecule has 0 aliphatic carbocycles. The van der Waals surface area contributed by atoms with E-state index in [2.05, 4.69) is 169 Å². The van der Waals surface area contributed by atoms with Crippen molar-refractivity contribution in [2.45, 2.75) is 0 Å². The monoisotopic (exact) mass is 814 g/mol. The molecule has 6 heterocycles. The fourth-order valence-corrected chi connectivity index (χ4v) is 9.32. The highest BCUT2D eigenvalue weighted by molar-refractivity contribution is 6.11. The Bertz CT molecular complexity index is 4030. The Morgan fingerprint density at radius 1 is 0.250 bits per heavy atom. The predicted molar refractivity (Wildman–Crippen MR) is 263 cm³/mol. The van der Waals surface area contributed by atoms with Crippen molar-refractivity contribution in [2.75, 3.05) is 0 Å². The van der Waals surface area contributed by atoms with Gasteiger partial charge in [0.2, 0.25) is 0 Å². The van der Waals surface area contributed by atoms with Crippen molar-refractivity contribution in [1.29, 1.82) is 0 Å². The number of hydrogen-bond acceptors (Lipinski definition) is 6. The number of nitrogens with zero attached hydrogens (tertiary/aromatic N) is 6. The molecule has 0 N–H and O–H groups in total. The van der Waals surface area contributed by atoms with Gasteiger partial charge in [0, 0.05) is 67.0 Å². The lowest BCUT2D eigenvalue weighted by atomic mass is 9.93. The molecule has 0 radical (unpaired) electrons. The molecule has 13 rings (SSSR count). The first-order valence-corrected chi connectivity index (χ1v) is 21.4. The molecular formula is C58H34N6. The van der Waals surface area contributed by atoms with Gasteiger partial charge in [-0.25, -0.2) is 19.9 Å². The second-order valence-electron chi connectivity index (χ2n) is 16.3. The van der Waals surface area contributed by atoms with Crippen LogP contribution in [0.15, 0.2) is 207 Å². The van der Waals surface area contributed by atoms with Crippen LogP contribution in [0, 0.1) is 0 Å². The van der Waals surface area contributed by atoms with Gasteiger partial charge in [0.25, 0.3) is 0 Å². The summed E-state index contributed by atoms with van der Waals surface area (Å²) in [6, 6.07) is 67.9. The Morgan fingerprint density at radius 2 is 0.766 bits per heavy atom. The lowest BCUT2D eigenvalue weighted by Crippen LogP contribution is -1.92. The summed E-state index contributed by atoms with van der Waals surface area (Å²) in [6.07, 6.45) is 3.64. The zero-order valence-corrected chi connectivity index (χ0v) is 34.3. The van der Waals surface area contributed by atoms with Crippen LogP contribution in [0.1, 0.15) is 0 Å². The molecule has 7 aromatic carbocycles. The third-order valence-electron chi connectivity index (χ3n) is 12.5. The number of aromatic nitrogens is 6. The average molecular weight is 815 g/mol. The van der Waals surface area contributed by atoms with Gasteiger partial charge in [0.05, 0.1) is 55.9 Å². The molecule has 13 aromatic rings. The highest BCUT2D eigenvalue weighted by Crippen LogP contribution is 2.38. The van der Waals surface area contributed by atoms with Crippen LogP contribution in [0.25, 0.3) is 132 Å². The third-order valence-corrected chi connectivity index (χ3v) is 12.5. The Hall–Kier alpha value is -8.74. The second kappa shape index (κ2) is 14.4. The maximum Gasteiger partial charge on any atom is 0.0972 e. The molecular weight excluding hydrogens is 781 g/mol. The summed E-state index contributed by atoms with van der Waals surface area (Å²) in [4.78, 5) is 30.3. The molecule has 0 amide bonds. The molecule has 64 heavy (non-hydrogen) atoms. The summed E-state index contributed by atoms with van der Waals surface area (Å²) in [6.45, 7) is 0. The molecule has 0 spiro atoms. The summed E-state index contributed by atoms with van der Waals surface area (Å²) in [7, 11) is 0. The summed E-state index contributed by atoms with van der Waals surface area (Å²) >= 11 is 0. The minimum Gasteiger partial charge on any atom is -0.254 e. The molecule has 0 saturated heterocycles. The van der Waals surface area contributed by atoms with E-state index in [4.69, 9.17) is 24.9 Å². The fraction of sp³-hybridized carbons (Fsp3) is 0. The van der Waals surface area contributed by atoms with Crippen LogP contribution in [0.3, 0.4) is 0 Å². The van der Waals surface area contributed by atoms with Gasteiger partial charge in [0.1, 0.15) is 0 Å². The van der Waals surface area contributed by atoms with Gasteiger partial charge in [-0.1, -0.05) is 140 Å². The quantitative estimate of drug-likeness (QED) is 0.161. The van der Waals surface area contributed by atoms with Gasteiger partial charge >= 0.3 is 0 Å².